The quantitative estimate of drug-likeness (QED) is 0.808. The van der Waals surface area contributed by atoms with Crippen LogP contribution in [0.5, 0.6) is 0 Å². The van der Waals surface area contributed by atoms with Gasteiger partial charge in [-0.15, -0.1) is 0 Å². The summed E-state index contributed by atoms with van der Waals surface area (Å²) in [5.41, 5.74) is 3.98. The molecular formula is C10H8F3NO. The number of primary amides is 1. The lowest BCUT2D eigenvalue weighted by Gasteiger charge is -2.10. The number of hydrogen-bond donors (Lipinski definition) is 1. The van der Waals surface area contributed by atoms with Crippen LogP contribution in [0.3, 0.4) is 0 Å². The monoisotopic (exact) mass is 215 g/mol. The molecule has 0 radical (unpaired) electrons. The van der Waals surface area contributed by atoms with Crippen LogP contribution in [0.15, 0.2) is 24.8 Å². The van der Waals surface area contributed by atoms with Gasteiger partial charge >= 0.3 is 6.18 Å². The Morgan fingerprint density at radius 2 is 2.00 bits per heavy atom. The Labute approximate surface area is 84.2 Å². The van der Waals surface area contributed by atoms with Crippen LogP contribution in [0.1, 0.15) is 21.5 Å². The first-order valence-corrected chi connectivity index (χ1v) is 3.99. The van der Waals surface area contributed by atoms with Gasteiger partial charge in [-0.3, -0.25) is 4.79 Å². The highest BCUT2D eigenvalue weighted by Crippen LogP contribution is 2.32. The molecule has 0 unspecified atom stereocenters. The summed E-state index contributed by atoms with van der Waals surface area (Å²) in [5.74, 6) is -0.771. The fraction of sp³-hybridized carbons (Fsp3) is 0.100. The second-order valence-corrected chi connectivity index (χ2v) is 2.87. The van der Waals surface area contributed by atoms with Gasteiger partial charge in [-0.2, -0.15) is 13.2 Å². The van der Waals surface area contributed by atoms with Crippen molar-refractivity contribution < 1.29 is 18.0 Å². The number of carbonyl (C=O) groups excluding carboxylic acids is 1. The molecule has 0 aliphatic carbocycles. The molecule has 1 aromatic carbocycles. The minimum atomic E-state index is -4.46. The lowest BCUT2D eigenvalue weighted by molar-refractivity contribution is -0.137. The van der Waals surface area contributed by atoms with Gasteiger partial charge in [0.15, 0.2) is 0 Å². The fourth-order valence-corrected chi connectivity index (χ4v) is 1.14. The van der Waals surface area contributed by atoms with E-state index in [1.165, 1.54) is 0 Å². The molecule has 0 spiro atoms. The zero-order chi connectivity index (χ0) is 11.6. The molecule has 0 heterocycles. The number of amides is 1. The molecule has 0 saturated heterocycles. The molecule has 0 aromatic heterocycles. The molecule has 2 N–H and O–H groups in total. The van der Waals surface area contributed by atoms with Crippen LogP contribution in [0.4, 0.5) is 13.2 Å². The zero-order valence-electron chi connectivity index (χ0n) is 7.64. The van der Waals surface area contributed by atoms with E-state index in [-0.39, 0.29) is 11.1 Å². The Morgan fingerprint density at radius 3 is 2.40 bits per heavy atom. The molecule has 1 aromatic rings. The summed E-state index contributed by atoms with van der Waals surface area (Å²) in [6.45, 7) is 3.25. The summed E-state index contributed by atoms with van der Waals surface area (Å²) >= 11 is 0. The molecule has 80 valence electrons. The van der Waals surface area contributed by atoms with Gasteiger partial charge in [-0.25, -0.2) is 0 Å². The molecular weight excluding hydrogens is 207 g/mol. The van der Waals surface area contributed by atoms with E-state index in [4.69, 9.17) is 5.73 Å². The van der Waals surface area contributed by atoms with Crippen LogP contribution in [0, 0.1) is 0 Å². The summed E-state index contributed by atoms with van der Waals surface area (Å²) in [6.07, 6.45) is -3.42. The van der Waals surface area contributed by atoms with E-state index in [2.05, 4.69) is 6.58 Å². The summed E-state index contributed by atoms with van der Waals surface area (Å²) in [4.78, 5) is 10.7. The third-order valence-electron chi connectivity index (χ3n) is 1.86. The average Bonchev–Trinajstić information content (AvgIpc) is 2.15. The zero-order valence-corrected chi connectivity index (χ0v) is 7.64. The van der Waals surface area contributed by atoms with E-state index in [1.54, 1.807) is 0 Å². The number of hydrogen-bond acceptors (Lipinski definition) is 1. The van der Waals surface area contributed by atoms with E-state index in [9.17, 15) is 18.0 Å². The molecule has 1 amide bonds. The Balaban J connectivity index is 3.33. The normalized spacial score (nSPS) is 11.1. The van der Waals surface area contributed by atoms with Crippen LogP contribution in [0.2, 0.25) is 0 Å². The van der Waals surface area contributed by atoms with Crippen molar-refractivity contribution in [3.05, 3.63) is 41.5 Å². The summed E-state index contributed by atoms with van der Waals surface area (Å²) in [5, 5.41) is 0. The molecule has 15 heavy (non-hydrogen) atoms. The summed E-state index contributed by atoms with van der Waals surface area (Å²) < 4.78 is 37.2. The van der Waals surface area contributed by atoms with Crippen LogP contribution in [-0.2, 0) is 6.18 Å². The van der Waals surface area contributed by atoms with Crippen LogP contribution in [0.25, 0.3) is 6.08 Å². The number of halogens is 3. The van der Waals surface area contributed by atoms with Crippen molar-refractivity contribution in [2.75, 3.05) is 0 Å². The smallest absolute Gasteiger partial charge is 0.366 e. The van der Waals surface area contributed by atoms with Gasteiger partial charge < -0.3 is 5.73 Å². The van der Waals surface area contributed by atoms with Gasteiger partial charge in [-0.1, -0.05) is 12.7 Å². The van der Waals surface area contributed by atoms with E-state index >= 15 is 0 Å². The van der Waals surface area contributed by atoms with Crippen LogP contribution in [-0.4, -0.2) is 5.91 Å². The highest BCUT2D eigenvalue weighted by atomic mass is 19.4. The van der Waals surface area contributed by atoms with Crippen molar-refractivity contribution in [1.82, 2.24) is 0 Å². The van der Waals surface area contributed by atoms with Crippen molar-refractivity contribution in [3.63, 3.8) is 0 Å². The number of alkyl halides is 3. The third kappa shape index (κ3) is 2.37. The van der Waals surface area contributed by atoms with Crippen molar-refractivity contribution in [2.24, 2.45) is 5.73 Å². The Morgan fingerprint density at radius 1 is 1.40 bits per heavy atom. The first-order valence-electron chi connectivity index (χ1n) is 3.99. The highest BCUT2D eigenvalue weighted by molar-refractivity contribution is 5.93. The maximum atomic E-state index is 12.4. The average molecular weight is 215 g/mol. The SMILES string of the molecule is C=Cc1cc(C(N)=O)ccc1C(F)(F)F. The van der Waals surface area contributed by atoms with Gasteiger partial charge in [0.25, 0.3) is 0 Å². The minimum Gasteiger partial charge on any atom is -0.366 e. The first-order chi connectivity index (χ1) is 6.86. The standard InChI is InChI=1S/C10H8F3NO/c1-2-6-5-7(9(14)15)3-4-8(6)10(11,12)13/h2-5H,1H2,(H2,14,15). The number of benzene rings is 1. The molecule has 0 bridgehead atoms. The van der Waals surface area contributed by atoms with Crippen LogP contribution >= 0.6 is 0 Å². The van der Waals surface area contributed by atoms with E-state index in [1.807, 2.05) is 0 Å². The Bertz CT molecular complexity index is 410. The highest BCUT2D eigenvalue weighted by Gasteiger charge is 2.32. The third-order valence-corrected chi connectivity index (χ3v) is 1.86. The number of rotatable bonds is 2. The lowest BCUT2D eigenvalue weighted by Crippen LogP contribution is -2.13. The van der Waals surface area contributed by atoms with E-state index in [0.717, 1.165) is 24.3 Å². The number of carbonyl (C=O) groups is 1. The fourth-order valence-electron chi connectivity index (χ4n) is 1.14. The maximum absolute atomic E-state index is 12.4. The Kier molecular flexibility index (Phi) is 2.83. The second kappa shape index (κ2) is 3.76. The first kappa shape index (κ1) is 11.3. The van der Waals surface area contributed by atoms with Gasteiger partial charge in [-0.05, 0) is 23.8 Å². The summed E-state index contributed by atoms with van der Waals surface area (Å²) in [6, 6.07) is 2.92. The molecule has 0 saturated carbocycles. The second-order valence-electron chi connectivity index (χ2n) is 2.87. The largest absolute Gasteiger partial charge is 0.416 e. The predicted octanol–water partition coefficient (Wildman–Crippen LogP) is 2.45. The molecule has 2 nitrogen and oxygen atoms in total. The molecule has 0 atom stereocenters. The van der Waals surface area contributed by atoms with Gasteiger partial charge in [0.05, 0.1) is 5.56 Å². The van der Waals surface area contributed by atoms with Crippen molar-refractivity contribution in [1.29, 1.82) is 0 Å². The van der Waals surface area contributed by atoms with Crippen LogP contribution < -0.4 is 5.73 Å². The number of nitrogens with two attached hydrogens (primary N) is 1. The summed E-state index contributed by atoms with van der Waals surface area (Å²) in [7, 11) is 0. The molecule has 0 aliphatic heterocycles. The van der Waals surface area contributed by atoms with E-state index < -0.39 is 17.6 Å². The molecule has 0 aliphatic rings. The molecule has 1 rings (SSSR count). The molecule has 0 fully saturated rings. The van der Waals surface area contributed by atoms with Gasteiger partial charge in [0.1, 0.15) is 0 Å². The molecule has 5 heteroatoms. The topological polar surface area (TPSA) is 43.1 Å². The lowest BCUT2D eigenvalue weighted by atomic mass is 10.0. The van der Waals surface area contributed by atoms with E-state index in [0.29, 0.717) is 0 Å². The van der Waals surface area contributed by atoms with Crippen molar-refractivity contribution >= 4 is 12.0 Å². The van der Waals surface area contributed by atoms with Gasteiger partial charge in [0.2, 0.25) is 5.91 Å². The predicted molar refractivity (Wildman–Crippen MR) is 50.1 cm³/mol. The Hall–Kier alpha value is -1.78. The maximum Gasteiger partial charge on any atom is 0.416 e. The minimum absolute atomic E-state index is 0.0258. The van der Waals surface area contributed by atoms with Crippen molar-refractivity contribution in [2.45, 2.75) is 6.18 Å². The van der Waals surface area contributed by atoms with Crippen molar-refractivity contribution in [3.8, 4) is 0 Å². The van der Waals surface area contributed by atoms with Gasteiger partial charge in [0, 0.05) is 5.56 Å².